The van der Waals surface area contributed by atoms with Gasteiger partial charge in [-0.25, -0.2) is 17.9 Å². The lowest BCUT2D eigenvalue weighted by Crippen LogP contribution is -2.17. The van der Waals surface area contributed by atoms with Gasteiger partial charge in [-0.1, -0.05) is 29.8 Å². The smallest absolute Gasteiger partial charge is 0.238 e. The van der Waals surface area contributed by atoms with Gasteiger partial charge in [0.05, 0.1) is 4.90 Å². The van der Waals surface area contributed by atoms with Crippen molar-refractivity contribution in [3.8, 4) is 0 Å². The molecule has 0 radical (unpaired) electrons. The Morgan fingerprint density at radius 2 is 2.00 bits per heavy atom. The number of hydrogen-bond acceptors (Lipinski definition) is 3. The van der Waals surface area contributed by atoms with E-state index >= 15 is 0 Å². The van der Waals surface area contributed by atoms with Crippen LogP contribution in [0.2, 0.25) is 0 Å². The molecule has 1 amide bonds. The SMILES string of the molecule is Cc1cccc([C@H]2C[C@@H]2C(=O)Nc2cc(F)cc(S(N)(=O)=O)c2)c1. The van der Waals surface area contributed by atoms with Crippen molar-refractivity contribution in [2.45, 2.75) is 24.2 Å². The molecule has 126 valence electrons. The number of carbonyl (C=O) groups excluding carboxylic acids is 1. The van der Waals surface area contributed by atoms with Gasteiger partial charge >= 0.3 is 0 Å². The minimum Gasteiger partial charge on any atom is -0.326 e. The number of halogens is 1. The summed E-state index contributed by atoms with van der Waals surface area (Å²) in [5.74, 6) is -1.10. The molecule has 0 aromatic heterocycles. The molecule has 1 fully saturated rings. The van der Waals surface area contributed by atoms with E-state index in [2.05, 4.69) is 5.32 Å². The van der Waals surface area contributed by atoms with E-state index in [1.165, 1.54) is 0 Å². The lowest BCUT2D eigenvalue weighted by molar-refractivity contribution is -0.117. The number of aryl methyl sites for hydroxylation is 1. The van der Waals surface area contributed by atoms with E-state index in [0.717, 1.165) is 29.3 Å². The van der Waals surface area contributed by atoms with Gasteiger partial charge in [0.1, 0.15) is 5.82 Å². The summed E-state index contributed by atoms with van der Waals surface area (Å²) in [4.78, 5) is 11.9. The van der Waals surface area contributed by atoms with Gasteiger partial charge in [0, 0.05) is 11.6 Å². The second-order valence-electron chi connectivity index (χ2n) is 6.07. The predicted molar refractivity (Wildman–Crippen MR) is 88.4 cm³/mol. The Morgan fingerprint density at radius 3 is 2.67 bits per heavy atom. The first-order valence-corrected chi connectivity index (χ1v) is 8.99. The van der Waals surface area contributed by atoms with Crippen LogP contribution in [0.1, 0.15) is 23.5 Å². The number of rotatable bonds is 4. The molecule has 0 unspecified atom stereocenters. The molecular formula is C17H17FN2O3S. The number of hydrogen-bond donors (Lipinski definition) is 2. The molecule has 1 aliphatic carbocycles. The number of benzene rings is 2. The van der Waals surface area contributed by atoms with Crippen LogP contribution in [0.5, 0.6) is 0 Å². The summed E-state index contributed by atoms with van der Waals surface area (Å²) in [5, 5.41) is 7.58. The number of carbonyl (C=O) groups is 1. The van der Waals surface area contributed by atoms with Crippen LogP contribution in [0.15, 0.2) is 47.4 Å². The van der Waals surface area contributed by atoms with E-state index < -0.39 is 15.8 Å². The standard InChI is InChI=1S/C17H17FN2O3S/c1-10-3-2-4-11(5-10)15-9-16(15)17(21)20-13-6-12(18)7-14(8-13)24(19,22)23/h2-8,15-16H,9H2,1H3,(H,20,21)(H2,19,22,23)/t15-,16+/m1/s1. The molecule has 0 saturated heterocycles. The first kappa shape index (κ1) is 16.6. The average molecular weight is 348 g/mol. The maximum absolute atomic E-state index is 13.5. The molecule has 0 spiro atoms. The van der Waals surface area contributed by atoms with Gasteiger partial charge in [-0.05, 0) is 43.0 Å². The van der Waals surface area contributed by atoms with Gasteiger partial charge in [0.15, 0.2) is 0 Å². The number of anilines is 1. The van der Waals surface area contributed by atoms with Crippen LogP contribution in [0.3, 0.4) is 0 Å². The van der Waals surface area contributed by atoms with Crippen LogP contribution in [0, 0.1) is 18.7 Å². The molecule has 3 rings (SSSR count). The number of nitrogens with two attached hydrogens (primary N) is 1. The summed E-state index contributed by atoms with van der Waals surface area (Å²) in [6.45, 7) is 1.99. The fraction of sp³-hybridized carbons (Fsp3) is 0.235. The molecule has 2 atom stereocenters. The van der Waals surface area contributed by atoms with E-state index in [4.69, 9.17) is 5.14 Å². The molecule has 1 aliphatic rings. The topological polar surface area (TPSA) is 89.3 Å². The summed E-state index contributed by atoms with van der Waals surface area (Å²) in [6, 6.07) is 11.0. The average Bonchev–Trinajstić information content (AvgIpc) is 3.26. The van der Waals surface area contributed by atoms with E-state index in [-0.39, 0.29) is 28.3 Å². The fourth-order valence-corrected chi connectivity index (χ4v) is 3.36. The predicted octanol–water partition coefficient (Wildman–Crippen LogP) is 2.52. The molecule has 7 heteroatoms. The molecule has 24 heavy (non-hydrogen) atoms. The Bertz CT molecular complexity index is 912. The van der Waals surface area contributed by atoms with E-state index in [1.54, 1.807) is 0 Å². The largest absolute Gasteiger partial charge is 0.326 e. The summed E-state index contributed by atoms with van der Waals surface area (Å²) in [5.41, 5.74) is 2.31. The number of nitrogens with one attached hydrogen (secondary N) is 1. The summed E-state index contributed by atoms with van der Waals surface area (Å²) >= 11 is 0. The highest BCUT2D eigenvalue weighted by Crippen LogP contribution is 2.48. The summed E-state index contributed by atoms with van der Waals surface area (Å²) in [6.07, 6.45) is 0.715. The van der Waals surface area contributed by atoms with Crippen molar-refractivity contribution >= 4 is 21.6 Å². The minimum absolute atomic E-state index is 0.0823. The third-order valence-corrected chi connectivity index (χ3v) is 4.96. The number of sulfonamides is 1. The van der Waals surface area contributed by atoms with Crippen molar-refractivity contribution in [2.75, 3.05) is 5.32 Å². The lowest BCUT2D eigenvalue weighted by Gasteiger charge is -2.07. The van der Waals surface area contributed by atoms with Gasteiger partial charge in [0.25, 0.3) is 0 Å². The van der Waals surface area contributed by atoms with Crippen molar-refractivity contribution in [1.82, 2.24) is 0 Å². The van der Waals surface area contributed by atoms with E-state index in [1.807, 2.05) is 31.2 Å². The minimum atomic E-state index is -4.04. The van der Waals surface area contributed by atoms with Crippen molar-refractivity contribution in [3.05, 3.63) is 59.4 Å². The van der Waals surface area contributed by atoms with Crippen molar-refractivity contribution in [2.24, 2.45) is 11.1 Å². The van der Waals surface area contributed by atoms with Crippen LogP contribution in [-0.4, -0.2) is 14.3 Å². The monoisotopic (exact) mass is 348 g/mol. The highest BCUT2D eigenvalue weighted by molar-refractivity contribution is 7.89. The van der Waals surface area contributed by atoms with Crippen LogP contribution >= 0.6 is 0 Å². The Morgan fingerprint density at radius 1 is 1.25 bits per heavy atom. The van der Waals surface area contributed by atoms with Crippen molar-refractivity contribution in [1.29, 1.82) is 0 Å². The Hall–Kier alpha value is -2.25. The third kappa shape index (κ3) is 3.63. The van der Waals surface area contributed by atoms with Gasteiger partial charge in [-0.3, -0.25) is 4.79 Å². The van der Waals surface area contributed by atoms with Crippen LogP contribution in [0.4, 0.5) is 10.1 Å². The molecule has 0 heterocycles. The molecule has 0 aliphatic heterocycles. The van der Waals surface area contributed by atoms with Crippen molar-refractivity contribution in [3.63, 3.8) is 0 Å². The van der Waals surface area contributed by atoms with Crippen LogP contribution < -0.4 is 10.5 Å². The van der Waals surface area contributed by atoms with E-state index in [9.17, 15) is 17.6 Å². The van der Waals surface area contributed by atoms with Gasteiger partial charge in [-0.15, -0.1) is 0 Å². The molecule has 5 nitrogen and oxygen atoms in total. The normalized spacial score (nSPS) is 19.8. The van der Waals surface area contributed by atoms with Gasteiger partial charge in [0.2, 0.25) is 15.9 Å². The molecule has 2 aromatic rings. The summed E-state index contributed by atoms with van der Waals surface area (Å²) < 4.78 is 36.2. The zero-order valence-electron chi connectivity index (χ0n) is 13.0. The molecule has 0 bridgehead atoms. The maximum Gasteiger partial charge on any atom is 0.238 e. The Kier molecular flexibility index (Phi) is 4.15. The van der Waals surface area contributed by atoms with E-state index in [0.29, 0.717) is 6.42 Å². The third-order valence-electron chi connectivity index (χ3n) is 4.06. The second kappa shape index (κ2) is 5.99. The van der Waals surface area contributed by atoms with Gasteiger partial charge < -0.3 is 5.32 Å². The molecular weight excluding hydrogens is 331 g/mol. The number of amides is 1. The molecule has 3 N–H and O–H groups in total. The highest BCUT2D eigenvalue weighted by atomic mass is 32.2. The van der Waals surface area contributed by atoms with Gasteiger partial charge in [-0.2, -0.15) is 0 Å². The van der Waals surface area contributed by atoms with Crippen molar-refractivity contribution < 1.29 is 17.6 Å². The second-order valence-corrected chi connectivity index (χ2v) is 7.63. The van der Waals surface area contributed by atoms with Crippen LogP contribution in [0.25, 0.3) is 0 Å². The highest BCUT2D eigenvalue weighted by Gasteiger charge is 2.43. The Labute approximate surface area is 139 Å². The fourth-order valence-electron chi connectivity index (χ4n) is 2.79. The zero-order chi connectivity index (χ0) is 17.5. The van der Waals surface area contributed by atoms with Crippen LogP contribution in [-0.2, 0) is 14.8 Å². The first-order valence-electron chi connectivity index (χ1n) is 7.45. The summed E-state index contributed by atoms with van der Waals surface area (Å²) in [7, 11) is -4.04. The zero-order valence-corrected chi connectivity index (χ0v) is 13.8. The molecule has 2 aromatic carbocycles. The molecule has 1 saturated carbocycles. The quantitative estimate of drug-likeness (QED) is 0.890. The lowest BCUT2D eigenvalue weighted by atomic mass is 10.1. The number of primary sulfonamides is 1. The Balaban J connectivity index is 1.74. The maximum atomic E-state index is 13.5. The first-order chi connectivity index (χ1) is 11.2.